The average Bonchev–Trinajstić information content (AvgIpc) is 2.17. The second kappa shape index (κ2) is 11.0. The zero-order chi connectivity index (χ0) is 13.4. The summed E-state index contributed by atoms with van der Waals surface area (Å²) in [4.78, 5) is 0. The fourth-order valence-corrected chi connectivity index (χ4v) is 5.96. The van der Waals surface area contributed by atoms with Crippen LogP contribution >= 0.6 is 15.2 Å². The first-order valence-corrected chi connectivity index (χ1v) is 9.17. The van der Waals surface area contributed by atoms with Crippen LogP contribution in [0, 0.1) is 0 Å². The van der Waals surface area contributed by atoms with Gasteiger partial charge in [0.05, 0.1) is 26.4 Å². The Morgan fingerprint density at radius 3 is 1.06 bits per heavy atom. The van der Waals surface area contributed by atoms with Crippen molar-refractivity contribution in [3.63, 3.8) is 0 Å². The first kappa shape index (κ1) is 21.6. The quantitative estimate of drug-likeness (QED) is 0.432. The summed E-state index contributed by atoms with van der Waals surface area (Å²) >= 11 is 0. The zero-order valence-corrected chi connectivity index (χ0v) is 15.7. The second-order valence-electron chi connectivity index (χ2n) is 3.03. The first-order chi connectivity index (χ1) is 7.95. The maximum absolute atomic E-state index is 12.2. The van der Waals surface area contributed by atoms with Crippen LogP contribution in [-0.4, -0.2) is 32.3 Å². The van der Waals surface area contributed by atoms with Crippen molar-refractivity contribution in [2.24, 2.45) is 0 Å². The van der Waals surface area contributed by atoms with Gasteiger partial charge in [0.1, 0.15) is 0 Å². The molecule has 104 valence electrons. The molecule has 0 heterocycles. The van der Waals surface area contributed by atoms with Gasteiger partial charge in [-0.3, -0.25) is 9.13 Å². The third kappa shape index (κ3) is 8.47. The van der Waals surface area contributed by atoms with Crippen LogP contribution in [0.25, 0.3) is 0 Å². The van der Waals surface area contributed by atoms with Gasteiger partial charge in [-0.15, -0.1) is 0 Å². The minimum absolute atomic E-state index is 0. The summed E-state index contributed by atoms with van der Waals surface area (Å²) in [7, 11) is -6.83. The molecule has 0 aromatic heterocycles. The van der Waals surface area contributed by atoms with Crippen molar-refractivity contribution in [1.29, 1.82) is 0 Å². The molecule has 0 aliphatic heterocycles. The Labute approximate surface area is 131 Å². The van der Waals surface area contributed by atoms with Crippen molar-refractivity contribution in [1.82, 2.24) is 0 Å². The average molecular weight is 311 g/mol. The normalized spacial score (nSPS) is 12.2. The van der Waals surface area contributed by atoms with Crippen LogP contribution in [-0.2, 0) is 27.2 Å². The molecule has 0 saturated heterocycles. The Hall–Kier alpha value is 1.30. The van der Waals surface area contributed by atoms with Crippen LogP contribution < -0.4 is 29.6 Å². The molecule has 0 aromatic rings. The maximum Gasteiger partial charge on any atom is 1.00 e. The Morgan fingerprint density at radius 1 is 0.667 bits per heavy atom. The van der Waals surface area contributed by atoms with E-state index in [1.165, 1.54) is 0 Å². The fourth-order valence-electron chi connectivity index (χ4n) is 1.24. The van der Waals surface area contributed by atoms with Gasteiger partial charge in [-0.1, -0.05) is 0 Å². The van der Waals surface area contributed by atoms with Crippen molar-refractivity contribution < 1.29 is 56.8 Å². The Bertz CT molecular complexity index is 251. The molecule has 0 aliphatic rings. The van der Waals surface area contributed by atoms with Crippen LogP contribution in [0.4, 0.5) is 0 Å². The summed E-state index contributed by atoms with van der Waals surface area (Å²) in [6.45, 7) is 7.64. The third-order valence-electron chi connectivity index (χ3n) is 1.65. The molecule has 18 heavy (non-hydrogen) atoms. The molecule has 0 rings (SSSR count). The van der Waals surface area contributed by atoms with Gasteiger partial charge >= 0.3 is 44.7 Å². The van der Waals surface area contributed by atoms with Crippen molar-refractivity contribution in [2.45, 2.75) is 27.7 Å². The van der Waals surface area contributed by atoms with E-state index in [1.807, 2.05) is 0 Å². The van der Waals surface area contributed by atoms with Crippen molar-refractivity contribution in [2.75, 3.05) is 32.3 Å². The first-order valence-electron chi connectivity index (χ1n) is 5.71. The van der Waals surface area contributed by atoms with E-state index in [2.05, 4.69) is 0 Å². The fraction of sp³-hybridized carbons (Fsp3) is 1.00. The molecule has 9 heteroatoms. The van der Waals surface area contributed by atoms with E-state index in [4.69, 9.17) is 18.1 Å². The second-order valence-corrected chi connectivity index (χ2v) is 7.64. The molecule has 0 aromatic carbocycles. The van der Waals surface area contributed by atoms with E-state index in [0.717, 1.165) is 0 Å². The maximum atomic E-state index is 12.2. The Morgan fingerprint density at radius 2 is 0.889 bits per heavy atom. The molecule has 0 atom stereocenters. The van der Waals surface area contributed by atoms with Gasteiger partial charge in [0.15, 0.2) is 5.90 Å². The predicted octanol–water partition coefficient (Wildman–Crippen LogP) is 0.480. The largest absolute Gasteiger partial charge is 1.00 e. The van der Waals surface area contributed by atoms with Gasteiger partial charge in [-0.25, -0.2) is 0 Å². The van der Waals surface area contributed by atoms with Gasteiger partial charge in [-0.2, -0.15) is 0 Å². The van der Waals surface area contributed by atoms with E-state index >= 15 is 0 Å². The van der Waals surface area contributed by atoms with Gasteiger partial charge in [0, 0.05) is 0 Å². The molecule has 0 bridgehead atoms. The van der Waals surface area contributed by atoms with E-state index in [1.54, 1.807) is 27.7 Å². The van der Waals surface area contributed by atoms with Crippen molar-refractivity contribution in [3.8, 4) is 0 Å². The summed E-state index contributed by atoms with van der Waals surface area (Å²) in [6.07, 6.45) is 0. The smallest absolute Gasteiger partial charge is 0.308 e. The van der Waals surface area contributed by atoms with Crippen LogP contribution in [0.2, 0.25) is 0 Å². The summed E-state index contributed by atoms with van der Waals surface area (Å²) in [5, 5.41) is 0. The van der Waals surface area contributed by atoms with Crippen LogP contribution in [0.1, 0.15) is 27.7 Å². The molecule has 0 unspecified atom stereocenters. The van der Waals surface area contributed by atoms with Gasteiger partial charge in [-0.05, 0) is 27.7 Å². The molecule has 0 N–H and O–H groups in total. The number of hydrogen-bond acceptors (Lipinski definition) is 6. The van der Waals surface area contributed by atoms with E-state index in [9.17, 15) is 9.13 Å². The van der Waals surface area contributed by atoms with Gasteiger partial charge in [0.2, 0.25) is 0 Å². The standard InChI is InChI=1S/C9H22O6P2.Na/c1-5-12-16(10,13-6-2)9-17(11,14-7-3)15-8-4;/h5-9H2,1-4H3;/q;+1. The topological polar surface area (TPSA) is 71.1 Å². The van der Waals surface area contributed by atoms with E-state index < -0.39 is 15.2 Å². The van der Waals surface area contributed by atoms with Crippen LogP contribution in [0.3, 0.4) is 0 Å². The molecular weight excluding hydrogens is 289 g/mol. The van der Waals surface area contributed by atoms with Crippen LogP contribution in [0.15, 0.2) is 0 Å². The molecular formula is C9H22NaO6P2+. The summed E-state index contributed by atoms with van der Waals surface area (Å²) in [6, 6.07) is 0. The summed E-state index contributed by atoms with van der Waals surface area (Å²) < 4.78 is 44.6. The number of hydrogen-bond donors (Lipinski definition) is 0. The van der Waals surface area contributed by atoms with Gasteiger partial charge in [0.25, 0.3) is 0 Å². The van der Waals surface area contributed by atoms with Crippen molar-refractivity contribution >= 4 is 15.2 Å². The van der Waals surface area contributed by atoms with Gasteiger partial charge < -0.3 is 18.1 Å². The van der Waals surface area contributed by atoms with E-state index in [0.29, 0.717) is 0 Å². The predicted molar refractivity (Wildman–Crippen MR) is 66.6 cm³/mol. The van der Waals surface area contributed by atoms with Crippen molar-refractivity contribution in [3.05, 3.63) is 0 Å². The molecule has 0 spiro atoms. The third-order valence-corrected chi connectivity index (χ3v) is 7.03. The minimum atomic E-state index is -3.41. The SMILES string of the molecule is CCOP(=O)(CP(=O)(OCC)OCC)OCC.[Na+]. The molecule has 0 saturated carbocycles. The zero-order valence-electron chi connectivity index (χ0n) is 11.9. The summed E-state index contributed by atoms with van der Waals surface area (Å²) in [5.41, 5.74) is 0. The van der Waals surface area contributed by atoms with E-state index in [-0.39, 0.29) is 61.9 Å². The summed E-state index contributed by atoms with van der Waals surface area (Å²) in [5.74, 6) is -0.344. The molecule has 0 aliphatic carbocycles. The molecule has 0 fully saturated rings. The monoisotopic (exact) mass is 311 g/mol. The molecule has 6 nitrogen and oxygen atoms in total. The minimum Gasteiger partial charge on any atom is -0.308 e. The molecule has 0 amide bonds. The number of rotatable bonds is 10. The van der Waals surface area contributed by atoms with Crippen LogP contribution in [0.5, 0.6) is 0 Å². The molecule has 0 radical (unpaired) electrons. The Balaban J connectivity index is 0. The Kier molecular flexibility index (Phi) is 13.2.